The number of carbonyl (C=O) groups is 1. The van der Waals surface area contributed by atoms with E-state index in [1.807, 2.05) is 30.3 Å². The number of hydrogen-bond acceptors (Lipinski definition) is 4. The Morgan fingerprint density at radius 1 is 0.960 bits per heavy atom. The molecule has 0 fully saturated rings. The van der Waals surface area contributed by atoms with Crippen LogP contribution in [0.5, 0.6) is 5.88 Å². The van der Waals surface area contributed by atoms with Gasteiger partial charge in [0.15, 0.2) is 5.82 Å². The SMILES string of the molecule is O=C(Oc1cc2ccccc2n1-c1ncc(F)cn1)c1ccccc1. The quantitative estimate of drug-likeness (QED) is 0.535. The molecule has 4 aromatic rings. The molecule has 2 aromatic heterocycles. The van der Waals surface area contributed by atoms with Gasteiger partial charge in [0, 0.05) is 11.5 Å². The van der Waals surface area contributed by atoms with Crippen molar-refractivity contribution in [1.82, 2.24) is 14.5 Å². The van der Waals surface area contributed by atoms with E-state index in [0.717, 1.165) is 23.3 Å². The number of benzene rings is 2. The van der Waals surface area contributed by atoms with Gasteiger partial charge >= 0.3 is 5.97 Å². The average Bonchev–Trinajstić information content (AvgIpc) is 3.01. The molecular formula is C19H12FN3O2. The van der Waals surface area contributed by atoms with Crippen LogP contribution in [0.1, 0.15) is 10.4 Å². The van der Waals surface area contributed by atoms with Gasteiger partial charge in [-0.15, -0.1) is 0 Å². The molecule has 4 rings (SSSR count). The topological polar surface area (TPSA) is 57.0 Å². The lowest BCUT2D eigenvalue weighted by molar-refractivity contribution is 0.0725. The maximum Gasteiger partial charge on any atom is 0.344 e. The summed E-state index contributed by atoms with van der Waals surface area (Å²) in [6.07, 6.45) is 2.14. The molecule has 2 aromatic carbocycles. The number of carbonyl (C=O) groups excluding carboxylic acids is 1. The van der Waals surface area contributed by atoms with Crippen LogP contribution in [0.4, 0.5) is 4.39 Å². The van der Waals surface area contributed by atoms with Crippen LogP contribution >= 0.6 is 0 Å². The number of esters is 1. The maximum atomic E-state index is 13.2. The summed E-state index contributed by atoms with van der Waals surface area (Å²) >= 11 is 0. The Bertz CT molecular complexity index is 1040. The van der Waals surface area contributed by atoms with Gasteiger partial charge in [-0.2, -0.15) is 0 Å². The highest BCUT2D eigenvalue weighted by molar-refractivity contribution is 5.92. The predicted octanol–water partition coefficient (Wildman–Crippen LogP) is 3.78. The number of ether oxygens (including phenoxy) is 1. The van der Waals surface area contributed by atoms with Gasteiger partial charge in [0.25, 0.3) is 0 Å². The number of halogens is 1. The van der Waals surface area contributed by atoms with E-state index in [2.05, 4.69) is 9.97 Å². The number of rotatable bonds is 3. The Labute approximate surface area is 142 Å². The van der Waals surface area contributed by atoms with Crippen molar-refractivity contribution >= 4 is 16.9 Å². The summed E-state index contributed by atoms with van der Waals surface area (Å²) in [7, 11) is 0. The molecule has 0 atom stereocenters. The fourth-order valence-corrected chi connectivity index (χ4v) is 2.56. The van der Waals surface area contributed by atoms with Gasteiger partial charge in [-0.3, -0.25) is 0 Å². The van der Waals surface area contributed by atoms with Gasteiger partial charge in [-0.05, 0) is 18.2 Å². The highest BCUT2D eigenvalue weighted by atomic mass is 19.1. The van der Waals surface area contributed by atoms with Gasteiger partial charge < -0.3 is 4.74 Å². The third kappa shape index (κ3) is 2.85. The average molecular weight is 333 g/mol. The van der Waals surface area contributed by atoms with Crippen molar-refractivity contribution in [2.75, 3.05) is 0 Å². The first-order chi connectivity index (χ1) is 12.2. The van der Waals surface area contributed by atoms with Crippen LogP contribution in [0.2, 0.25) is 0 Å². The molecular weight excluding hydrogens is 321 g/mol. The van der Waals surface area contributed by atoms with Gasteiger partial charge in [-0.1, -0.05) is 36.4 Å². The highest BCUT2D eigenvalue weighted by Crippen LogP contribution is 2.28. The second-order valence-corrected chi connectivity index (χ2v) is 5.33. The zero-order valence-electron chi connectivity index (χ0n) is 13.0. The van der Waals surface area contributed by atoms with Crippen LogP contribution in [-0.2, 0) is 0 Å². The monoisotopic (exact) mass is 333 g/mol. The number of fused-ring (bicyclic) bond motifs is 1. The van der Waals surface area contributed by atoms with E-state index in [1.165, 1.54) is 0 Å². The Kier molecular flexibility index (Phi) is 3.70. The highest BCUT2D eigenvalue weighted by Gasteiger charge is 2.17. The molecule has 0 amide bonds. The van der Waals surface area contributed by atoms with E-state index in [0.29, 0.717) is 5.56 Å². The summed E-state index contributed by atoms with van der Waals surface area (Å²) in [4.78, 5) is 20.4. The molecule has 6 heteroatoms. The lowest BCUT2D eigenvalue weighted by Crippen LogP contribution is -2.12. The Hall–Kier alpha value is -3.54. The second-order valence-electron chi connectivity index (χ2n) is 5.33. The van der Waals surface area contributed by atoms with Crippen molar-refractivity contribution in [3.8, 4) is 11.8 Å². The molecule has 2 heterocycles. The molecule has 122 valence electrons. The molecule has 0 aliphatic rings. The Morgan fingerprint density at radius 3 is 2.40 bits per heavy atom. The smallest absolute Gasteiger partial charge is 0.344 e. The van der Waals surface area contributed by atoms with E-state index in [4.69, 9.17) is 4.74 Å². The molecule has 0 saturated carbocycles. The summed E-state index contributed by atoms with van der Waals surface area (Å²) in [5.74, 6) is -0.546. The predicted molar refractivity (Wildman–Crippen MR) is 90.2 cm³/mol. The standard InChI is InChI=1S/C19H12FN3O2/c20-15-11-21-19(22-12-15)23-16-9-5-4-8-14(16)10-17(23)25-18(24)13-6-2-1-3-7-13/h1-12H. The lowest BCUT2D eigenvalue weighted by atomic mass is 10.2. The minimum Gasteiger partial charge on any atom is -0.405 e. The first-order valence-electron chi connectivity index (χ1n) is 7.58. The summed E-state index contributed by atoms with van der Waals surface area (Å²) < 4.78 is 20.3. The van der Waals surface area contributed by atoms with E-state index in [-0.39, 0.29) is 11.8 Å². The van der Waals surface area contributed by atoms with Crippen LogP contribution in [0.25, 0.3) is 16.9 Å². The van der Waals surface area contributed by atoms with E-state index in [9.17, 15) is 9.18 Å². The molecule has 0 saturated heterocycles. The van der Waals surface area contributed by atoms with Gasteiger partial charge in [0.1, 0.15) is 0 Å². The van der Waals surface area contributed by atoms with Crippen molar-refractivity contribution in [3.05, 3.63) is 84.4 Å². The van der Waals surface area contributed by atoms with Crippen molar-refractivity contribution in [2.45, 2.75) is 0 Å². The lowest BCUT2D eigenvalue weighted by Gasteiger charge is -2.09. The van der Waals surface area contributed by atoms with Crippen LogP contribution in [0.15, 0.2) is 73.1 Å². The van der Waals surface area contributed by atoms with Gasteiger partial charge in [-0.25, -0.2) is 23.7 Å². The van der Waals surface area contributed by atoms with Crippen molar-refractivity contribution in [3.63, 3.8) is 0 Å². The Balaban J connectivity index is 1.82. The zero-order valence-corrected chi connectivity index (χ0v) is 13.0. The third-order valence-corrected chi connectivity index (χ3v) is 3.69. The van der Waals surface area contributed by atoms with E-state index in [1.54, 1.807) is 34.9 Å². The van der Waals surface area contributed by atoms with Crippen LogP contribution in [-0.4, -0.2) is 20.5 Å². The zero-order chi connectivity index (χ0) is 17.2. The molecule has 0 aliphatic heterocycles. The number of para-hydroxylation sites is 1. The van der Waals surface area contributed by atoms with Gasteiger partial charge in [0.05, 0.1) is 23.5 Å². The minimum atomic E-state index is -0.539. The summed E-state index contributed by atoms with van der Waals surface area (Å²) in [5, 5.41) is 0.853. The van der Waals surface area contributed by atoms with Crippen LogP contribution < -0.4 is 4.74 Å². The van der Waals surface area contributed by atoms with E-state index >= 15 is 0 Å². The summed E-state index contributed by atoms with van der Waals surface area (Å²) in [5.41, 5.74) is 1.18. The first-order valence-corrected chi connectivity index (χ1v) is 7.58. The molecule has 0 bridgehead atoms. The van der Waals surface area contributed by atoms with Crippen molar-refractivity contribution in [1.29, 1.82) is 0 Å². The molecule has 0 N–H and O–H groups in total. The summed E-state index contributed by atoms with van der Waals surface area (Å²) in [6, 6.07) is 17.9. The largest absolute Gasteiger partial charge is 0.405 e. The van der Waals surface area contributed by atoms with Crippen LogP contribution in [0, 0.1) is 5.82 Å². The van der Waals surface area contributed by atoms with Gasteiger partial charge in [0.2, 0.25) is 11.8 Å². The maximum absolute atomic E-state index is 13.2. The normalized spacial score (nSPS) is 10.8. The number of nitrogens with zero attached hydrogens (tertiary/aromatic N) is 3. The second kappa shape index (κ2) is 6.16. The third-order valence-electron chi connectivity index (χ3n) is 3.69. The molecule has 0 radical (unpaired) electrons. The Morgan fingerprint density at radius 2 is 1.64 bits per heavy atom. The molecule has 25 heavy (non-hydrogen) atoms. The number of hydrogen-bond donors (Lipinski definition) is 0. The molecule has 0 unspecified atom stereocenters. The first kappa shape index (κ1) is 15.0. The minimum absolute atomic E-state index is 0.221. The molecule has 0 aliphatic carbocycles. The van der Waals surface area contributed by atoms with Crippen molar-refractivity contribution < 1.29 is 13.9 Å². The fraction of sp³-hybridized carbons (Fsp3) is 0. The van der Waals surface area contributed by atoms with Crippen molar-refractivity contribution in [2.24, 2.45) is 0 Å². The van der Waals surface area contributed by atoms with Crippen LogP contribution in [0.3, 0.4) is 0 Å². The molecule has 5 nitrogen and oxygen atoms in total. The molecule has 0 spiro atoms. The number of aromatic nitrogens is 3. The fourth-order valence-electron chi connectivity index (χ4n) is 2.56. The van der Waals surface area contributed by atoms with E-state index < -0.39 is 11.8 Å². The summed E-state index contributed by atoms with van der Waals surface area (Å²) in [6.45, 7) is 0.